The quantitative estimate of drug-likeness (QED) is 0.814. The Kier molecular flexibility index (Phi) is 5.23. The highest BCUT2D eigenvalue weighted by Crippen LogP contribution is 2.21. The van der Waals surface area contributed by atoms with Crippen LogP contribution in [-0.2, 0) is 35.4 Å². The lowest BCUT2D eigenvalue weighted by molar-refractivity contribution is -0.142. The molecule has 0 N–H and O–H groups in total. The molecule has 2 aromatic rings. The fourth-order valence-corrected chi connectivity index (χ4v) is 3.76. The Balaban J connectivity index is 1.34. The monoisotopic (exact) mass is 367 g/mol. The van der Waals surface area contributed by atoms with E-state index in [9.17, 15) is 9.59 Å². The molecule has 3 heterocycles. The van der Waals surface area contributed by atoms with Gasteiger partial charge in [-0.05, 0) is 24.8 Å². The molecule has 6 heteroatoms. The highest BCUT2D eigenvalue weighted by Gasteiger charge is 2.28. The lowest BCUT2D eigenvalue weighted by atomic mass is 10.1. The topological polar surface area (TPSA) is 66.7 Å². The summed E-state index contributed by atoms with van der Waals surface area (Å²) in [5.74, 6) is 1.74. The Hall–Kier alpha value is -2.63. The molecule has 0 radical (unpaired) electrons. The number of aromatic nitrogens is 1. The van der Waals surface area contributed by atoms with Gasteiger partial charge in [-0.1, -0.05) is 30.3 Å². The predicted octanol–water partition coefficient (Wildman–Crippen LogP) is 2.36. The Morgan fingerprint density at radius 1 is 1.07 bits per heavy atom. The van der Waals surface area contributed by atoms with E-state index in [0.29, 0.717) is 32.5 Å². The summed E-state index contributed by atoms with van der Waals surface area (Å²) in [4.78, 5) is 32.7. The number of aryl methyl sites for hydroxylation is 2. The van der Waals surface area contributed by atoms with E-state index in [-0.39, 0.29) is 18.4 Å². The molecule has 0 bridgehead atoms. The number of carbonyl (C=O) groups is 2. The van der Waals surface area contributed by atoms with Gasteiger partial charge in [0.2, 0.25) is 11.8 Å². The molecule has 1 saturated heterocycles. The van der Waals surface area contributed by atoms with Crippen molar-refractivity contribution in [2.75, 3.05) is 19.6 Å². The number of amides is 2. The summed E-state index contributed by atoms with van der Waals surface area (Å²) in [6, 6.07) is 10.3. The SMILES string of the molecule is O=C1CCCCN1CC(=O)N1CCc2oc(CCc3ccccc3)nc2C1. The summed E-state index contributed by atoms with van der Waals surface area (Å²) in [6.07, 6.45) is 4.81. The molecular formula is C21H25N3O3. The van der Waals surface area contributed by atoms with Crippen molar-refractivity contribution in [2.24, 2.45) is 0 Å². The van der Waals surface area contributed by atoms with Crippen LogP contribution >= 0.6 is 0 Å². The van der Waals surface area contributed by atoms with Gasteiger partial charge in [0, 0.05) is 32.4 Å². The van der Waals surface area contributed by atoms with Crippen LogP contribution in [0.25, 0.3) is 0 Å². The second-order valence-corrected chi connectivity index (χ2v) is 7.30. The van der Waals surface area contributed by atoms with Crippen LogP contribution in [0, 0.1) is 0 Å². The molecule has 27 heavy (non-hydrogen) atoms. The number of nitrogens with zero attached hydrogens (tertiary/aromatic N) is 3. The van der Waals surface area contributed by atoms with E-state index in [0.717, 1.165) is 43.0 Å². The summed E-state index contributed by atoms with van der Waals surface area (Å²) in [6.45, 7) is 1.98. The van der Waals surface area contributed by atoms with Crippen molar-refractivity contribution in [3.63, 3.8) is 0 Å². The first-order chi connectivity index (χ1) is 13.2. The van der Waals surface area contributed by atoms with Crippen LogP contribution in [0.2, 0.25) is 0 Å². The minimum absolute atomic E-state index is 0.00438. The lowest BCUT2D eigenvalue weighted by Crippen LogP contribution is -2.46. The number of oxazole rings is 1. The van der Waals surface area contributed by atoms with Gasteiger partial charge in [-0.3, -0.25) is 9.59 Å². The normalized spacial score (nSPS) is 17.1. The summed E-state index contributed by atoms with van der Waals surface area (Å²) in [5.41, 5.74) is 2.12. The molecule has 1 fully saturated rings. The van der Waals surface area contributed by atoms with Crippen molar-refractivity contribution in [3.8, 4) is 0 Å². The number of hydrogen-bond acceptors (Lipinski definition) is 4. The first-order valence-corrected chi connectivity index (χ1v) is 9.76. The van der Waals surface area contributed by atoms with Gasteiger partial charge in [0.25, 0.3) is 0 Å². The lowest BCUT2D eigenvalue weighted by Gasteiger charge is -2.30. The molecule has 0 atom stereocenters. The van der Waals surface area contributed by atoms with Crippen molar-refractivity contribution in [3.05, 3.63) is 53.2 Å². The zero-order valence-corrected chi connectivity index (χ0v) is 15.5. The van der Waals surface area contributed by atoms with Gasteiger partial charge in [0.15, 0.2) is 5.89 Å². The van der Waals surface area contributed by atoms with Crippen molar-refractivity contribution in [2.45, 2.75) is 45.1 Å². The molecule has 4 rings (SSSR count). The van der Waals surface area contributed by atoms with E-state index < -0.39 is 0 Å². The van der Waals surface area contributed by atoms with Crippen LogP contribution in [0.15, 0.2) is 34.7 Å². The largest absolute Gasteiger partial charge is 0.445 e. The van der Waals surface area contributed by atoms with Crippen LogP contribution in [0.3, 0.4) is 0 Å². The third kappa shape index (κ3) is 4.21. The maximum atomic E-state index is 12.6. The summed E-state index contributed by atoms with van der Waals surface area (Å²) < 4.78 is 5.91. The molecule has 0 aliphatic carbocycles. The molecule has 142 valence electrons. The number of hydrogen-bond donors (Lipinski definition) is 0. The van der Waals surface area contributed by atoms with Crippen molar-refractivity contribution in [1.82, 2.24) is 14.8 Å². The van der Waals surface area contributed by atoms with Crippen LogP contribution in [0.5, 0.6) is 0 Å². The van der Waals surface area contributed by atoms with E-state index in [1.165, 1.54) is 5.56 Å². The number of rotatable bonds is 5. The maximum Gasteiger partial charge on any atom is 0.242 e. The van der Waals surface area contributed by atoms with E-state index in [1.54, 1.807) is 9.80 Å². The smallest absolute Gasteiger partial charge is 0.242 e. The molecule has 2 aliphatic heterocycles. The van der Waals surface area contributed by atoms with Crippen LogP contribution < -0.4 is 0 Å². The van der Waals surface area contributed by atoms with Gasteiger partial charge in [-0.15, -0.1) is 0 Å². The summed E-state index contributed by atoms with van der Waals surface area (Å²) in [5, 5.41) is 0. The highest BCUT2D eigenvalue weighted by atomic mass is 16.4. The van der Waals surface area contributed by atoms with Crippen LogP contribution in [-0.4, -0.2) is 46.2 Å². The molecule has 2 amide bonds. The minimum Gasteiger partial charge on any atom is -0.445 e. The number of benzene rings is 1. The molecule has 1 aromatic carbocycles. The molecule has 1 aromatic heterocycles. The first-order valence-electron chi connectivity index (χ1n) is 9.76. The van der Waals surface area contributed by atoms with Crippen molar-refractivity contribution < 1.29 is 14.0 Å². The van der Waals surface area contributed by atoms with Gasteiger partial charge in [-0.2, -0.15) is 0 Å². The predicted molar refractivity (Wildman–Crippen MR) is 99.9 cm³/mol. The number of piperidine rings is 1. The van der Waals surface area contributed by atoms with Gasteiger partial charge in [-0.25, -0.2) is 4.98 Å². The Morgan fingerprint density at radius 3 is 2.74 bits per heavy atom. The fourth-order valence-electron chi connectivity index (χ4n) is 3.76. The maximum absolute atomic E-state index is 12.6. The van der Waals surface area contributed by atoms with Crippen LogP contribution in [0.1, 0.15) is 42.2 Å². The first kappa shape index (κ1) is 17.8. The molecule has 2 aliphatic rings. The van der Waals surface area contributed by atoms with E-state index in [2.05, 4.69) is 17.1 Å². The average Bonchev–Trinajstić information content (AvgIpc) is 3.11. The average molecular weight is 367 g/mol. The van der Waals surface area contributed by atoms with Crippen molar-refractivity contribution in [1.29, 1.82) is 0 Å². The number of carbonyl (C=O) groups excluding carboxylic acids is 2. The molecular weight excluding hydrogens is 342 g/mol. The van der Waals surface area contributed by atoms with Gasteiger partial charge < -0.3 is 14.2 Å². The fraction of sp³-hybridized carbons (Fsp3) is 0.476. The number of fused-ring (bicyclic) bond motifs is 1. The van der Waals surface area contributed by atoms with E-state index >= 15 is 0 Å². The van der Waals surface area contributed by atoms with E-state index in [1.807, 2.05) is 18.2 Å². The summed E-state index contributed by atoms with van der Waals surface area (Å²) in [7, 11) is 0. The highest BCUT2D eigenvalue weighted by molar-refractivity contribution is 5.85. The molecule has 0 spiro atoms. The standard InChI is InChI=1S/C21H25N3O3/c25-20-8-4-5-12-23(20)15-21(26)24-13-11-18-17(14-24)22-19(27-18)10-9-16-6-2-1-3-7-16/h1-3,6-7H,4-5,8-15H2. The van der Waals surface area contributed by atoms with Crippen molar-refractivity contribution >= 4 is 11.8 Å². The zero-order valence-electron chi connectivity index (χ0n) is 15.5. The summed E-state index contributed by atoms with van der Waals surface area (Å²) >= 11 is 0. The Bertz CT molecular complexity index is 815. The van der Waals surface area contributed by atoms with Crippen LogP contribution in [0.4, 0.5) is 0 Å². The number of likely N-dealkylation sites (tertiary alicyclic amines) is 1. The van der Waals surface area contributed by atoms with E-state index in [4.69, 9.17) is 4.42 Å². The molecule has 0 unspecified atom stereocenters. The minimum atomic E-state index is 0.00438. The Morgan fingerprint density at radius 2 is 1.93 bits per heavy atom. The van der Waals surface area contributed by atoms with Gasteiger partial charge >= 0.3 is 0 Å². The Labute approximate surface area is 159 Å². The van der Waals surface area contributed by atoms with Gasteiger partial charge in [0.1, 0.15) is 11.5 Å². The van der Waals surface area contributed by atoms with Gasteiger partial charge in [0.05, 0.1) is 13.1 Å². The third-order valence-electron chi connectivity index (χ3n) is 5.34. The zero-order chi connectivity index (χ0) is 18.6. The second kappa shape index (κ2) is 7.94. The molecule has 6 nitrogen and oxygen atoms in total. The second-order valence-electron chi connectivity index (χ2n) is 7.30. The third-order valence-corrected chi connectivity index (χ3v) is 5.34. The molecule has 0 saturated carbocycles.